The molecular weight excluding hydrogens is 254 g/mol. The van der Waals surface area contributed by atoms with Crippen LogP contribution in [-0.4, -0.2) is 65.2 Å². The summed E-state index contributed by atoms with van der Waals surface area (Å²) in [6.07, 6.45) is 1.02. The van der Waals surface area contributed by atoms with E-state index in [4.69, 9.17) is 0 Å². The molecule has 20 heavy (non-hydrogen) atoms. The van der Waals surface area contributed by atoms with Crippen molar-refractivity contribution in [3.05, 3.63) is 17.8 Å². The standard InChI is InChI=1S/C14H23N5O/c1-4-11(2)15-13-6-5-12(16-17-13)14(20)19-9-7-18(3)8-10-19/h5-6,11H,4,7-10H2,1-3H3,(H,15,17). The number of amides is 1. The predicted octanol–water partition coefficient (Wildman–Crippen LogP) is 1.07. The largest absolute Gasteiger partial charge is 0.366 e. The molecule has 0 aliphatic carbocycles. The van der Waals surface area contributed by atoms with E-state index in [0.717, 1.165) is 32.6 Å². The second kappa shape index (κ2) is 6.65. The van der Waals surface area contributed by atoms with Gasteiger partial charge in [-0.15, -0.1) is 10.2 Å². The third-order valence-electron chi connectivity index (χ3n) is 3.68. The number of anilines is 1. The van der Waals surface area contributed by atoms with Crippen molar-refractivity contribution >= 4 is 11.7 Å². The highest BCUT2D eigenvalue weighted by molar-refractivity contribution is 5.92. The molecule has 0 aromatic carbocycles. The third kappa shape index (κ3) is 3.66. The van der Waals surface area contributed by atoms with E-state index < -0.39 is 0 Å². The maximum absolute atomic E-state index is 12.3. The van der Waals surface area contributed by atoms with Crippen LogP contribution in [0.5, 0.6) is 0 Å². The average molecular weight is 277 g/mol. The fourth-order valence-corrected chi connectivity index (χ4v) is 2.05. The topological polar surface area (TPSA) is 61.4 Å². The lowest BCUT2D eigenvalue weighted by Crippen LogP contribution is -2.47. The summed E-state index contributed by atoms with van der Waals surface area (Å²) >= 11 is 0. The summed E-state index contributed by atoms with van der Waals surface area (Å²) in [4.78, 5) is 16.3. The number of nitrogens with one attached hydrogen (secondary N) is 1. The first kappa shape index (κ1) is 14.7. The van der Waals surface area contributed by atoms with E-state index in [9.17, 15) is 4.79 Å². The van der Waals surface area contributed by atoms with Gasteiger partial charge < -0.3 is 15.1 Å². The molecule has 0 saturated carbocycles. The molecule has 1 N–H and O–H groups in total. The number of aromatic nitrogens is 2. The van der Waals surface area contributed by atoms with Crippen molar-refractivity contribution in [2.75, 3.05) is 38.5 Å². The minimum Gasteiger partial charge on any atom is -0.366 e. The van der Waals surface area contributed by atoms with Crippen LogP contribution < -0.4 is 5.32 Å². The van der Waals surface area contributed by atoms with Gasteiger partial charge in [0.25, 0.3) is 5.91 Å². The molecule has 110 valence electrons. The van der Waals surface area contributed by atoms with Crippen LogP contribution in [0.3, 0.4) is 0 Å². The van der Waals surface area contributed by atoms with Gasteiger partial charge in [0, 0.05) is 32.2 Å². The summed E-state index contributed by atoms with van der Waals surface area (Å²) in [6, 6.07) is 3.92. The van der Waals surface area contributed by atoms with E-state index in [1.165, 1.54) is 0 Å². The van der Waals surface area contributed by atoms with Crippen LogP contribution in [0.4, 0.5) is 5.82 Å². The van der Waals surface area contributed by atoms with Crippen LogP contribution >= 0.6 is 0 Å². The molecule has 1 aliphatic rings. The smallest absolute Gasteiger partial charge is 0.274 e. The van der Waals surface area contributed by atoms with Gasteiger partial charge in [-0.2, -0.15) is 0 Å². The normalized spacial score (nSPS) is 17.9. The number of likely N-dealkylation sites (N-methyl/N-ethyl adjacent to an activating group) is 1. The molecule has 2 rings (SSSR count). The highest BCUT2D eigenvalue weighted by atomic mass is 16.2. The molecule has 0 radical (unpaired) electrons. The molecule has 1 amide bonds. The van der Waals surface area contributed by atoms with Crippen molar-refractivity contribution in [1.82, 2.24) is 20.0 Å². The number of hydrogen-bond donors (Lipinski definition) is 1. The summed E-state index contributed by atoms with van der Waals surface area (Å²) in [7, 11) is 2.07. The monoisotopic (exact) mass is 277 g/mol. The summed E-state index contributed by atoms with van der Waals surface area (Å²) < 4.78 is 0. The number of rotatable bonds is 4. The van der Waals surface area contributed by atoms with Crippen molar-refractivity contribution in [3.63, 3.8) is 0 Å². The van der Waals surface area contributed by atoms with Gasteiger partial charge in [-0.25, -0.2) is 0 Å². The summed E-state index contributed by atoms with van der Waals surface area (Å²) in [5, 5.41) is 11.4. The van der Waals surface area contributed by atoms with Crippen LogP contribution in [0.25, 0.3) is 0 Å². The zero-order valence-electron chi connectivity index (χ0n) is 12.5. The van der Waals surface area contributed by atoms with Crippen molar-refractivity contribution < 1.29 is 4.79 Å². The number of carbonyl (C=O) groups excluding carboxylic acids is 1. The molecule has 1 atom stereocenters. The van der Waals surface area contributed by atoms with Gasteiger partial charge in [0.2, 0.25) is 0 Å². The molecule has 0 bridgehead atoms. The Morgan fingerprint density at radius 2 is 2.00 bits per heavy atom. The Hall–Kier alpha value is -1.69. The average Bonchev–Trinajstić information content (AvgIpc) is 2.48. The zero-order valence-corrected chi connectivity index (χ0v) is 12.5. The van der Waals surface area contributed by atoms with Gasteiger partial charge in [0.1, 0.15) is 5.82 Å². The van der Waals surface area contributed by atoms with E-state index in [2.05, 4.69) is 41.3 Å². The maximum Gasteiger partial charge on any atom is 0.274 e. The lowest BCUT2D eigenvalue weighted by Gasteiger charge is -2.32. The predicted molar refractivity (Wildman–Crippen MR) is 78.8 cm³/mol. The fraction of sp³-hybridized carbons (Fsp3) is 0.643. The van der Waals surface area contributed by atoms with Crippen molar-refractivity contribution in [2.45, 2.75) is 26.3 Å². The quantitative estimate of drug-likeness (QED) is 0.892. The fourth-order valence-electron chi connectivity index (χ4n) is 2.05. The van der Waals surface area contributed by atoms with Crippen LogP contribution in [0, 0.1) is 0 Å². The molecular formula is C14H23N5O. The molecule has 1 aromatic heterocycles. The lowest BCUT2D eigenvalue weighted by atomic mass is 10.2. The van der Waals surface area contributed by atoms with Gasteiger partial charge in [0.05, 0.1) is 0 Å². The van der Waals surface area contributed by atoms with Crippen LogP contribution in [0.1, 0.15) is 30.8 Å². The van der Waals surface area contributed by atoms with Crippen molar-refractivity contribution in [1.29, 1.82) is 0 Å². The van der Waals surface area contributed by atoms with Gasteiger partial charge in [-0.1, -0.05) is 6.92 Å². The van der Waals surface area contributed by atoms with Gasteiger partial charge in [-0.05, 0) is 32.5 Å². The molecule has 1 fully saturated rings. The Kier molecular flexibility index (Phi) is 4.89. The summed E-state index contributed by atoms with van der Waals surface area (Å²) in [6.45, 7) is 7.52. The van der Waals surface area contributed by atoms with Crippen molar-refractivity contribution in [3.8, 4) is 0 Å². The Balaban J connectivity index is 1.97. The maximum atomic E-state index is 12.3. The Bertz CT molecular complexity index is 439. The SMILES string of the molecule is CCC(C)Nc1ccc(C(=O)N2CCN(C)CC2)nn1. The van der Waals surface area contributed by atoms with Gasteiger partial charge in [0.15, 0.2) is 5.69 Å². The lowest BCUT2D eigenvalue weighted by molar-refractivity contribution is 0.0657. The van der Waals surface area contributed by atoms with Crippen LogP contribution in [0.15, 0.2) is 12.1 Å². The number of carbonyl (C=O) groups is 1. The summed E-state index contributed by atoms with van der Waals surface area (Å²) in [5.74, 6) is 0.690. The van der Waals surface area contributed by atoms with E-state index >= 15 is 0 Å². The van der Waals surface area contributed by atoms with Gasteiger partial charge >= 0.3 is 0 Å². The first-order valence-electron chi connectivity index (χ1n) is 7.18. The first-order valence-corrected chi connectivity index (χ1v) is 7.18. The molecule has 1 aromatic rings. The molecule has 1 saturated heterocycles. The number of piperazine rings is 1. The molecule has 2 heterocycles. The minimum atomic E-state index is -0.0271. The number of nitrogens with zero attached hydrogens (tertiary/aromatic N) is 4. The number of hydrogen-bond acceptors (Lipinski definition) is 5. The highest BCUT2D eigenvalue weighted by Gasteiger charge is 2.21. The van der Waals surface area contributed by atoms with Gasteiger partial charge in [-0.3, -0.25) is 4.79 Å². The third-order valence-corrected chi connectivity index (χ3v) is 3.68. The van der Waals surface area contributed by atoms with E-state index in [1.807, 2.05) is 11.0 Å². The van der Waals surface area contributed by atoms with Crippen molar-refractivity contribution in [2.24, 2.45) is 0 Å². The van der Waals surface area contributed by atoms with E-state index in [1.54, 1.807) is 6.07 Å². The molecule has 6 nitrogen and oxygen atoms in total. The zero-order chi connectivity index (χ0) is 14.5. The molecule has 6 heteroatoms. The Labute approximate surface area is 120 Å². The highest BCUT2D eigenvalue weighted by Crippen LogP contribution is 2.09. The summed E-state index contributed by atoms with van der Waals surface area (Å²) in [5.41, 5.74) is 0.421. The van der Waals surface area contributed by atoms with Crippen LogP contribution in [-0.2, 0) is 0 Å². The molecule has 1 unspecified atom stereocenters. The van der Waals surface area contributed by atoms with E-state index in [-0.39, 0.29) is 5.91 Å². The Morgan fingerprint density at radius 1 is 1.30 bits per heavy atom. The van der Waals surface area contributed by atoms with E-state index in [0.29, 0.717) is 17.6 Å². The minimum absolute atomic E-state index is 0.0271. The second-order valence-electron chi connectivity index (χ2n) is 5.35. The molecule has 0 spiro atoms. The Morgan fingerprint density at radius 3 is 2.55 bits per heavy atom. The molecule has 1 aliphatic heterocycles. The first-order chi connectivity index (χ1) is 9.60. The second-order valence-corrected chi connectivity index (χ2v) is 5.35. The van der Waals surface area contributed by atoms with Crippen LogP contribution in [0.2, 0.25) is 0 Å².